The Morgan fingerprint density at radius 3 is 2.90 bits per heavy atom. The van der Waals surface area contributed by atoms with Crippen LogP contribution in [0.2, 0.25) is 0 Å². The van der Waals surface area contributed by atoms with Crippen molar-refractivity contribution in [3.63, 3.8) is 0 Å². The van der Waals surface area contributed by atoms with Crippen LogP contribution >= 0.6 is 15.9 Å². The molecule has 0 aliphatic rings. The number of halogens is 1. The Balaban J connectivity index is 2.49. The molecule has 0 N–H and O–H groups in total. The van der Waals surface area contributed by atoms with Crippen molar-refractivity contribution >= 4 is 21.8 Å². The number of amides is 1. The zero-order valence-electron chi connectivity index (χ0n) is 11.6. The van der Waals surface area contributed by atoms with E-state index in [0.29, 0.717) is 24.5 Å². The normalized spacial score (nSPS) is 9.70. The second-order valence-corrected chi connectivity index (χ2v) is 4.95. The molecular formula is C14H17BrN2O3. The van der Waals surface area contributed by atoms with E-state index in [1.165, 1.54) is 4.90 Å². The van der Waals surface area contributed by atoms with E-state index in [4.69, 9.17) is 14.7 Å². The molecule has 108 valence electrons. The Labute approximate surface area is 127 Å². The first kappa shape index (κ1) is 16.3. The molecule has 1 rings (SSSR count). The Morgan fingerprint density at radius 1 is 1.50 bits per heavy atom. The van der Waals surface area contributed by atoms with Gasteiger partial charge in [0.25, 0.3) is 0 Å². The summed E-state index contributed by atoms with van der Waals surface area (Å²) >= 11 is 3.38. The van der Waals surface area contributed by atoms with E-state index in [2.05, 4.69) is 15.9 Å². The van der Waals surface area contributed by atoms with Crippen LogP contribution in [0.3, 0.4) is 0 Å². The van der Waals surface area contributed by atoms with Gasteiger partial charge in [-0.05, 0) is 28.1 Å². The number of methoxy groups -OCH3 is 1. The first-order valence-corrected chi connectivity index (χ1v) is 6.95. The van der Waals surface area contributed by atoms with Crippen LogP contribution < -0.4 is 9.47 Å². The van der Waals surface area contributed by atoms with Gasteiger partial charge in [-0.3, -0.25) is 4.79 Å². The Hall–Kier alpha value is -1.74. The van der Waals surface area contributed by atoms with Gasteiger partial charge in [-0.25, -0.2) is 0 Å². The Kier molecular flexibility index (Phi) is 6.88. The fourth-order valence-corrected chi connectivity index (χ4v) is 2.03. The largest absolute Gasteiger partial charge is 0.493 e. The molecule has 6 heteroatoms. The van der Waals surface area contributed by atoms with E-state index >= 15 is 0 Å². The van der Waals surface area contributed by atoms with E-state index in [9.17, 15) is 4.79 Å². The third-order valence-corrected chi connectivity index (χ3v) is 3.32. The van der Waals surface area contributed by atoms with E-state index in [1.807, 2.05) is 18.2 Å². The quantitative estimate of drug-likeness (QED) is 0.765. The molecule has 0 aliphatic heterocycles. The van der Waals surface area contributed by atoms with Gasteiger partial charge in [0.05, 0.1) is 37.1 Å². The second kappa shape index (κ2) is 8.43. The molecule has 5 nitrogen and oxygen atoms in total. The lowest BCUT2D eigenvalue weighted by Crippen LogP contribution is -2.28. The van der Waals surface area contributed by atoms with Gasteiger partial charge in [0, 0.05) is 13.6 Å². The van der Waals surface area contributed by atoms with E-state index in [0.717, 1.165) is 4.47 Å². The summed E-state index contributed by atoms with van der Waals surface area (Å²) in [6.07, 6.45) is 0.591. The van der Waals surface area contributed by atoms with Crippen molar-refractivity contribution in [2.45, 2.75) is 12.8 Å². The summed E-state index contributed by atoms with van der Waals surface area (Å²) < 4.78 is 11.6. The van der Waals surface area contributed by atoms with Crippen molar-refractivity contribution in [3.05, 3.63) is 22.7 Å². The zero-order chi connectivity index (χ0) is 15.0. The fourth-order valence-electron chi connectivity index (χ4n) is 1.56. The number of carbonyl (C=O) groups excluding carboxylic acids is 1. The van der Waals surface area contributed by atoms with Crippen molar-refractivity contribution < 1.29 is 14.3 Å². The number of carbonyl (C=O) groups is 1. The van der Waals surface area contributed by atoms with Crippen molar-refractivity contribution in [3.8, 4) is 17.6 Å². The second-order valence-electron chi connectivity index (χ2n) is 4.09. The molecule has 0 unspecified atom stereocenters. The predicted molar refractivity (Wildman–Crippen MR) is 78.7 cm³/mol. The summed E-state index contributed by atoms with van der Waals surface area (Å²) in [6, 6.07) is 7.49. The molecule has 1 aromatic carbocycles. The highest BCUT2D eigenvalue weighted by atomic mass is 79.9. The minimum atomic E-state index is -0.0497. The molecule has 1 amide bonds. The summed E-state index contributed by atoms with van der Waals surface area (Å²) in [7, 11) is 3.24. The number of nitrogens with zero attached hydrogens (tertiary/aromatic N) is 2. The predicted octanol–water partition coefficient (Wildman–Crippen LogP) is 2.60. The number of hydrogen-bond acceptors (Lipinski definition) is 4. The SMILES string of the molecule is COc1cccc(Br)c1OCCC(=O)N(C)CCC#N. The van der Waals surface area contributed by atoms with Crippen molar-refractivity contribution in [1.29, 1.82) is 5.26 Å². The van der Waals surface area contributed by atoms with Gasteiger partial charge in [0.1, 0.15) is 0 Å². The monoisotopic (exact) mass is 340 g/mol. The fraction of sp³-hybridized carbons (Fsp3) is 0.429. The molecule has 1 aromatic rings. The minimum Gasteiger partial charge on any atom is -0.493 e. The van der Waals surface area contributed by atoms with Gasteiger partial charge in [-0.1, -0.05) is 6.07 Å². The van der Waals surface area contributed by atoms with Crippen LogP contribution in [-0.2, 0) is 4.79 Å². The molecule has 0 spiro atoms. The van der Waals surface area contributed by atoms with Crippen LogP contribution in [-0.4, -0.2) is 38.1 Å². The van der Waals surface area contributed by atoms with Gasteiger partial charge in [-0.15, -0.1) is 0 Å². The smallest absolute Gasteiger partial charge is 0.225 e. The minimum absolute atomic E-state index is 0.0497. The molecule has 0 saturated carbocycles. The maximum absolute atomic E-state index is 11.8. The highest BCUT2D eigenvalue weighted by Crippen LogP contribution is 2.34. The maximum atomic E-state index is 11.8. The zero-order valence-corrected chi connectivity index (χ0v) is 13.1. The Morgan fingerprint density at radius 2 is 2.25 bits per heavy atom. The topological polar surface area (TPSA) is 62.6 Å². The van der Waals surface area contributed by atoms with Gasteiger partial charge in [0.2, 0.25) is 5.91 Å². The average Bonchev–Trinajstić information content (AvgIpc) is 2.45. The molecule has 0 heterocycles. The van der Waals surface area contributed by atoms with E-state index in [1.54, 1.807) is 20.2 Å². The summed E-state index contributed by atoms with van der Waals surface area (Å²) in [5, 5.41) is 8.48. The third kappa shape index (κ3) is 4.74. The van der Waals surface area contributed by atoms with Gasteiger partial charge < -0.3 is 14.4 Å². The van der Waals surface area contributed by atoms with Crippen LogP contribution in [0.25, 0.3) is 0 Å². The molecule has 0 saturated heterocycles. The van der Waals surface area contributed by atoms with Gasteiger partial charge >= 0.3 is 0 Å². The molecule has 0 aromatic heterocycles. The van der Waals surface area contributed by atoms with Gasteiger partial charge in [-0.2, -0.15) is 5.26 Å². The van der Waals surface area contributed by atoms with Crippen LogP contribution in [0, 0.1) is 11.3 Å². The maximum Gasteiger partial charge on any atom is 0.225 e. The number of hydrogen-bond donors (Lipinski definition) is 0. The van der Waals surface area contributed by atoms with E-state index in [-0.39, 0.29) is 18.9 Å². The van der Waals surface area contributed by atoms with Gasteiger partial charge in [0.15, 0.2) is 11.5 Å². The lowest BCUT2D eigenvalue weighted by Gasteiger charge is -2.16. The van der Waals surface area contributed by atoms with Crippen molar-refractivity contribution in [2.75, 3.05) is 27.3 Å². The first-order valence-electron chi connectivity index (χ1n) is 6.16. The van der Waals surface area contributed by atoms with Crippen LogP contribution in [0.15, 0.2) is 22.7 Å². The molecule has 0 radical (unpaired) electrons. The molecule has 20 heavy (non-hydrogen) atoms. The lowest BCUT2D eigenvalue weighted by molar-refractivity contribution is -0.130. The molecule has 0 aliphatic carbocycles. The number of rotatable bonds is 7. The molecule has 0 bridgehead atoms. The first-order chi connectivity index (χ1) is 9.60. The standard InChI is InChI=1S/C14H17BrN2O3/c1-17(9-4-8-16)13(18)7-10-20-14-11(15)5-3-6-12(14)19-2/h3,5-6H,4,7,9-10H2,1-2H3. The molecule has 0 atom stereocenters. The van der Waals surface area contributed by atoms with Crippen LogP contribution in [0.4, 0.5) is 0 Å². The number of ether oxygens (including phenoxy) is 2. The number of benzene rings is 1. The van der Waals surface area contributed by atoms with Crippen molar-refractivity contribution in [2.24, 2.45) is 0 Å². The average molecular weight is 341 g/mol. The third-order valence-electron chi connectivity index (χ3n) is 2.70. The summed E-state index contributed by atoms with van der Waals surface area (Å²) in [4.78, 5) is 13.3. The summed E-state index contributed by atoms with van der Waals surface area (Å²) in [5.74, 6) is 1.15. The van der Waals surface area contributed by atoms with Crippen LogP contribution in [0.1, 0.15) is 12.8 Å². The summed E-state index contributed by atoms with van der Waals surface area (Å²) in [5.41, 5.74) is 0. The number of nitriles is 1. The van der Waals surface area contributed by atoms with Crippen molar-refractivity contribution in [1.82, 2.24) is 4.90 Å². The Bertz CT molecular complexity index is 500. The highest BCUT2D eigenvalue weighted by molar-refractivity contribution is 9.10. The summed E-state index contributed by atoms with van der Waals surface area (Å²) in [6.45, 7) is 0.697. The molecular weight excluding hydrogens is 324 g/mol. The highest BCUT2D eigenvalue weighted by Gasteiger charge is 2.11. The lowest BCUT2D eigenvalue weighted by atomic mass is 10.3. The van der Waals surface area contributed by atoms with E-state index < -0.39 is 0 Å². The molecule has 0 fully saturated rings. The number of para-hydroxylation sites is 1. The van der Waals surface area contributed by atoms with Crippen LogP contribution in [0.5, 0.6) is 11.5 Å².